The number of hydrogen-bond donors (Lipinski definition) is 2. The van der Waals surface area contributed by atoms with E-state index < -0.39 is 0 Å². The largest absolute Gasteiger partial charge is 0.497 e. The van der Waals surface area contributed by atoms with Crippen molar-refractivity contribution in [2.45, 2.75) is 13.5 Å². The first kappa shape index (κ1) is 18.6. The van der Waals surface area contributed by atoms with Crippen LogP contribution in [0.1, 0.15) is 31.3 Å². The van der Waals surface area contributed by atoms with E-state index in [0.29, 0.717) is 33.6 Å². The van der Waals surface area contributed by atoms with Crippen LogP contribution in [0.2, 0.25) is 0 Å². The Morgan fingerprint density at radius 1 is 1.04 bits per heavy atom. The van der Waals surface area contributed by atoms with Crippen molar-refractivity contribution in [2.75, 3.05) is 12.4 Å². The van der Waals surface area contributed by atoms with Crippen molar-refractivity contribution in [3.05, 3.63) is 76.3 Å². The van der Waals surface area contributed by atoms with Crippen molar-refractivity contribution in [1.29, 1.82) is 0 Å². The molecule has 0 atom stereocenters. The summed E-state index contributed by atoms with van der Waals surface area (Å²) in [5.74, 6) is 0.176. The highest BCUT2D eigenvalue weighted by Gasteiger charge is 2.17. The van der Waals surface area contributed by atoms with E-state index in [1.165, 1.54) is 0 Å². The van der Waals surface area contributed by atoms with E-state index in [2.05, 4.69) is 15.6 Å². The molecule has 1 aromatic heterocycles. The first-order chi connectivity index (χ1) is 13.1. The molecule has 0 fully saturated rings. The average molecular weight is 381 g/mol. The minimum Gasteiger partial charge on any atom is -0.497 e. The Hall–Kier alpha value is -3.19. The molecule has 0 radical (unpaired) electrons. The van der Waals surface area contributed by atoms with Gasteiger partial charge in [-0.1, -0.05) is 41.7 Å². The van der Waals surface area contributed by atoms with Crippen LogP contribution < -0.4 is 15.4 Å². The summed E-state index contributed by atoms with van der Waals surface area (Å²) in [5.41, 5.74) is 2.08. The second-order valence-corrected chi connectivity index (χ2v) is 6.78. The highest BCUT2D eigenvalue weighted by Crippen LogP contribution is 2.23. The number of aromatic nitrogens is 1. The predicted octanol–water partition coefficient (Wildman–Crippen LogP) is 3.64. The molecule has 2 aromatic carbocycles. The Bertz CT molecular complexity index is 937. The van der Waals surface area contributed by atoms with Crippen molar-refractivity contribution in [2.24, 2.45) is 0 Å². The molecule has 6 nitrogen and oxygen atoms in total. The lowest BCUT2D eigenvalue weighted by molar-refractivity contribution is 0.0953. The van der Waals surface area contributed by atoms with Crippen molar-refractivity contribution in [1.82, 2.24) is 10.3 Å². The van der Waals surface area contributed by atoms with Gasteiger partial charge in [0, 0.05) is 12.1 Å². The summed E-state index contributed by atoms with van der Waals surface area (Å²) >= 11 is 1.15. The standard InChI is InChI=1S/C20H19N3O3S/c1-13-17(19(25)21-12-14-6-4-3-5-7-14)27-20(22-13)23-18(24)15-8-10-16(26-2)11-9-15/h3-11H,12H2,1-2H3,(H,21,25)(H,22,23,24). The molecule has 2 N–H and O–H groups in total. The molecule has 0 aliphatic rings. The van der Waals surface area contributed by atoms with Crippen molar-refractivity contribution < 1.29 is 14.3 Å². The second kappa shape index (κ2) is 8.46. The summed E-state index contributed by atoms with van der Waals surface area (Å²) < 4.78 is 5.08. The number of methoxy groups -OCH3 is 1. The molecule has 0 bridgehead atoms. The van der Waals surface area contributed by atoms with Crippen LogP contribution in [0.25, 0.3) is 0 Å². The molecule has 0 unspecified atom stereocenters. The SMILES string of the molecule is COc1ccc(C(=O)Nc2nc(C)c(C(=O)NCc3ccccc3)s2)cc1. The monoisotopic (exact) mass is 381 g/mol. The molecule has 7 heteroatoms. The zero-order valence-electron chi connectivity index (χ0n) is 15.0. The molecule has 27 heavy (non-hydrogen) atoms. The van der Waals surface area contributed by atoms with Crippen molar-refractivity contribution in [3.8, 4) is 5.75 Å². The van der Waals surface area contributed by atoms with Gasteiger partial charge in [0.2, 0.25) is 0 Å². The van der Waals surface area contributed by atoms with Crippen LogP contribution in [-0.4, -0.2) is 23.9 Å². The fourth-order valence-electron chi connectivity index (χ4n) is 2.43. The first-order valence-corrected chi connectivity index (χ1v) is 9.13. The number of carbonyl (C=O) groups excluding carboxylic acids is 2. The summed E-state index contributed by atoms with van der Waals surface area (Å²) in [4.78, 5) is 29.5. The summed E-state index contributed by atoms with van der Waals surface area (Å²) in [5, 5.41) is 5.99. The smallest absolute Gasteiger partial charge is 0.263 e. The van der Waals surface area contributed by atoms with E-state index in [1.807, 2.05) is 30.3 Å². The van der Waals surface area contributed by atoms with E-state index in [1.54, 1.807) is 38.3 Å². The third-order valence-electron chi connectivity index (χ3n) is 3.87. The predicted molar refractivity (Wildman–Crippen MR) is 105 cm³/mol. The van der Waals surface area contributed by atoms with E-state index in [9.17, 15) is 9.59 Å². The van der Waals surface area contributed by atoms with Gasteiger partial charge in [-0.15, -0.1) is 0 Å². The molecule has 3 rings (SSSR count). The molecular formula is C20H19N3O3S. The number of aryl methyl sites for hydroxylation is 1. The fourth-order valence-corrected chi connectivity index (χ4v) is 3.31. The Kier molecular flexibility index (Phi) is 5.83. The van der Waals surface area contributed by atoms with Gasteiger partial charge in [-0.3, -0.25) is 14.9 Å². The molecule has 3 aromatic rings. The van der Waals surface area contributed by atoms with Crippen molar-refractivity contribution in [3.63, 3.8) is 0 Å². The summed E-state index contributed by atoms with van der Waals surface area (Å²) in [6.45, 7) is 2.18. The van der Waals surface area contributed by atoms with Gasteiger partial charge in [-0.05, 0) is 36.8 Å². The van der Waals surface area contributed by atoms with Gasteiger partial charge >= 0.3 is 0 Å². The van der Waals surface area contributed by atoms with Crippen molar-refractivity contribution >= 4 is 28.3 Å². The van der Waals surface area contributed by atoms with Crippen LogP contribution in [0.5, 0.6) is 5.75 Å². The van der Waals surface area contributed by atoms with E-state index in [4.69, 9.17) is 4.74 Å². The van der Waals surface area contributed by atoms with Gasteiger partial charge in [-0.25, -0.2) is 4.98 Å². The quantitative estimate of drug-likeness (QED) is 0.683. The molecular weight excluding hydrogens is 362 g/mol. The highest BCUT2D eigenvalue weighted by molar-refractivity contribution is 7.17. The Balaban J connectivity index is 1.64. The maximum Gasteiger partial charge on any atom is 0.263 e. The molecule has 0 spiro atoms. The van der Waals surface area contributed by atoms with Crippen LogP contribution in [0.4, 0.5) is 5.13 Å². The zero-order valence-corrected chi connectivity index (χ0v) is 15.8. The average Bonchev–Trinajstić information content (AvgIpc) is 3.07. The minimum absolute atomic E-state index is 0.209. The topological polar surface area (TPSA) is 80.3 Å². The molecule has 138 valence electrons. The summed E-state index contributed by atoms with van der Waals surface area (Å²) in [7, 11) is 1.57. The van der Waals surface area contributed by atoms with Gasteiger partial charge in [0.15, 0.2) is 5.13 Å². The lowest BCUT2D eigenvalue weighted by atomic mass is 10.2. The van der Waals surface area contributed by atoms with Crippen LogP contribution >= 0.6 is 11.3 Å². The van der Waals surface area contributed by atoms with Gasteiger partial charge in [0.25, 0.3) is 11.8 Å². The van der Waals surface area contributed by atoms with Gasteiger partial charge in [0.1, 0.15) is 10.6 Å². The number of benzene rings is 2. The summed E-state index contributed by atoms with van der Waals surface area (Å²) in [6.07, 6.45) is 0. The van der Waals surface area contributed by atoms with Crippen LogP contribution in [0, 0.1) is 6.92 Å². The van der Waals surface area contributed by atoms with Crippen LogP contribution in [-0.2, 0) is 6.54 Å². The van der Waals surface area contributed by atoms with E-state index in [0.717, 1.165) is 16.9 Å². The number of amides is 2. The van der Waals surface area contributed by atoms with Crippen LogP contribution in [0.15, 0.2) is 54.6 Å². The number of thiazole rings is 1. The lowest BCUT2D eigenvalue weighted by Crippen LogP contribution is -2.22. The fraction of sp³-hybridized carbons (Fsp3) is 0.150. The Morgan fingerprint density at radius 3 is 2.41 bits per heavy atom. The zero-order chi connectivity index (χ0) is 19.2. The molecule has 0 aliphatic heterocycles. The first-order valence-electron chi connectivity index (χ1n) is 8.32. The third-order valence-corrected chi connectivity index (χ3v) is 4.94. The number of rotatable bonds is 6. The minimum atomic E-state index is -0.289. The molecule has 0 saturated heterocycles. The Morgan fingerprint density at radius 2 is 1.74 bits per heavy atom. The van der Waals surface area contributed by atoms with E-state index >= 15 is 0 Å². The Labute approximate surface area is 161 Å². The maximum absolute atomic E-state index is 12.4. The van der Waals surface area contributed by atoms with E-state index in [-0.39, 0.29) is 11.8 Å². The van der Waals surface area contributed by atoms with Gasteiger partial charge in [-0.2, -0.15) is 0 Å². The van der Waals surface area contributed by atoms with Crippen LogP contribution in [0.3, 0.4) is 0 Å². The third kappa shape index (κ3) is 4.71. The number of hydrogen-bond acceptors (Lipinski definition) is 5. The molecule has 0 aliphatic carbocycles. The number of ether oxygens (including phenoxy) is 1. The number of anilines is 1. The number of nitrogens with zero attached hydrogens (tertiary/aromatic N) is 1. The highest BCUT2D eigenvalue weighted by atomic mass is 32.1. The number of carbonyl (C=O) groups is 2. The molecule has 2 amide bonds. The normalized spacial score (nSPS) is 10.3. The lowest BCUT2D eigenvalue weighted by Gasteiger charge is -2.04. The van der Waals surface area contributed by atoms with Gasteiger partial charge < -0.3 is 10.1 Å². The maximum atomic E-state index is 12.4. The molecule has 1 heterocycles. The summed E-state index contributed by atoms with van der Waals surface area (Å²) in [6, 6.07) is 16.4. The number of nitrogens with one attached hydrogen (secondary N) is 2. The second-order valence-electron chi connectivity index (χ2n) is 5.78. The molecule has 0 saturated carbocycles. The van der Waals surface area contributed by atoms with Gasteiger partial charge in [0.05, 0.1) is 12.8 Å².